The van der Waals surface area contributed by atoms with Crippen molar-refractivity contribution < 1.29 is 14.2 Å². The molecule has 2 aromatic rings. The predicted molar refractivity (Wildman–Crippen MR) is 78.3 cm³/mol. The smallest absolute Gasteiger partial charge is 0.207 e. The van der Waals surface area contributed by atoms with E-state index in [1.54, 1.807) is 21.3 Å². The van der Waals surface area contributed by atoms with Gasteiger partial charge in [-0.05, 0) is 12.1 Å². The molecule has 6 nitrogen and oxygen atoms in total. The van der Waals surface area contributed by atoms with Crippen LogP contribution in [0.4, 0.5) is 10.8 Å². The molecule has 0 aliphatic rings. The van der Waals surface area contributed by atoms with Crippen LogP contribution < -0.4 is 14.8 Å². The molecule has 0 saturated carbocycles. The minimum atomic E-state index is 0.613. The fraction of sp³-hybridized carbons (Fsp3) is 0.385. The molecule has 1 N–H and O–H groups in total. The van der Waals surface area contributed by atoms with E-state index in [0.717, 1.165) is 22.4 Å². The highest BCUT2D eigenvalue weighted by atomic mass is 32.1. The fourth-order valence-electron chi connectivity index (χ4n) is 1.62. The first-order valence-electron chi connectivity index (χ1n) is 6.07. The van der Waals surface area contributed by atoms with Gasteiger partial charge in [-0.25, -0.2) is 4.98 Å². The first-order chi connectivity index (χ1) is 9.76. The third-order valence-corrected chi connectivity index (χ3v) is 3.32. The fourth-order valence-corrected chi connectivity index (χ4v) is 2.24. The Bertz CT molecular complexity index is 560. The second-order valence-electron chi connectivity index (χ2n) is 3.95. The largest absolute Gasteiger partial charge is 0.497 e. The number of rotatable bonds is 7. The number of benzene rings is 1. The monoisotopic (exact) mass is 295 g/mol. The lowest BCUT2D eigenvalue weighted by atomic mass is 10.3. The summed E-state index contributed by atoms with van der Waals surface area (Å²) in [5.41, 5.74) is 0.822. The normalized spacial score (nSPS) is 10.3. The Morgan fingerprint density at radius 1 is 1.20 bits per heavy atom. The third kappa shape index (κ3) is 3.58. The Kier molecular flexibility index (Phi) is 5.14. The van der Waals surface area contributed by atoms with Gasteiger partial charge in [-0.2, -0.15) is 4.37 Å². The van der Waals surface area contributed by atoms with Gasteiger partial charge in [0.15, 0.2) is 0 Å². The Hall–Kier alpha value is -1.86. The maximum Gasteiger partial charge on any atom is 0.207 e. The zero-order valence-corrected chi connectivity index (χ0v) is 12.5. The van der Waals surface area contributed by atoms with E-state index in [4.69, 9.17) is 14.2 Å². The molecule has 1 aromatic heterocycles. The van der Waals surface area contributed by atoms with E-state index in [1.165, 1.54) is 11.5 Å². The summed E-state index contributed by atoms with van der Waals surface area (Å²) >= 11 is 1.31. The van der Waals surface area contributed by atoms with Crippen LogP contribution in [0.5, 0.6) is 11.5 Å². The lowest BCUT2D eigenvalue weighted by molar-refractivity contribution is 0.201. The molecule has 0 radical (unpaired) electrons. The molecule has 0 aliphatic heterocycles. The van der Waals surface area contributed by atoms with Crippen molar-refractivity contribution in [3.63, 3.8) is 0 Å². The minimum absolute atomic E-state index is 0.613. The van der Waals surface area contributed by atoms with Crippen LogP contribution in [-0.2, 0) is 11.2 Å². The van der Waals surface area contributed by atoms with Gasteiger partial charge in [-0.3, -0.25) is 0 Å². The number of methoxy groups -OCH3 is 3. The Balaban J connectivity index is 2.11. The summed E-state index contributed by atoms with van der Waals surface area (Å²) < 4.78 is 19.8. The van der Waals surface area contributed by atoms with Gasteiger partial charge in [-0.15, -0.1) is 0 Å². The summed E-state index contributed by atoms with van der Waals surface area (Å²) in [6, 6.07) is 5.56. The lowest BCUT2D eigenvalue weighted by Crippen LogP contribution is -1.98. The van der Waals surface area contributed by atoms with Gasteiger partial charge < -0.3 is 19.5 Å². The molecular weight excluding hydrogens is 278 g/mol. The van der Waals surface area contributed by atoms with E-state index < -0.39 is 0 Å². The summed E-state index contributed by atoms with van der Waals surface area (Å²) in [4.78, 5) is 4.39. The average molecular weight is 295 g/mol. The highest BCUT2D eigenvalue weighted by Crippen LogP contribution is 2.31. The van der Waals surface area contributed by atoms with E-state index in [9.17, 15) is 0 Å². The summed E-state index contributed by atoms with van der Waals surface area (Å²) in [5.74, 6) is 2.20. The highest BCUT2D eigenvalue weighted by molar-refractivity contribution is 7.09. The van der Waals surface area contributed by atoms with E-state index in [-0.39, 0.29) is 0 Å². The lowest BCUT2D eigenvalue weighted by Gasteiger charge is -2.10. The van der Waals surface area contributed by atoms with Gasteiger partial charge in [0.1, 0.15) is 17.3 Å². The molecule has 7 heteroatoms. The number of hydrogen-bond donors (Lipinski definition) is 1. The van der Waals surface area contributed by atoms with Gasteiger partial charge in [0.2, 0.25) is 5.13 Å². The number of aromatic nitrogens is 2. The number of nitrogens with zero attached hydrogens (tertiary/aromatic N) is 2. The molecule has 0 amide bonds. The number of nitrogens with one attached hydrogen (secondary N) is 1. The second kappa shape index (κ2) is 7.06. The molecule has 0 spiro atoms. The quantitative estimate of drug-likeness (QED) is 0.846. The van der Waals surface area contributed by atoms with Crippen LogP contribution in [0.1, 0.15) is 5.82 Å². The topological polar surface area (TPSA) is 65.5 Å². The van der Waals surface area contributed by atoms with Gasteiger partial charge in [-0.1, -0.05) is 0 Å². The van der Waals surface area contributed by atoms with E-state index in [2.05, 4.69) is 14.7 Å². The summed E-state index contributed by atoms with van der Waals surface area (Å²) in [7, 11) is 4.90. The highest BCUT2D eigenvalue weighted by Gasteiger charge is 2.09. The average Bonchev–Trinajstić information content (AvgIpc) is 2.93. The first kappa shape index (κ1) is 14.5. The second-order valence-corrected chi connectivity index (χ2v) is 4.70. The molecule has 1 heterocycles. The van der Waals surface area contributed by atoms with Crippen LogP contribution in [-0.4, -0.2) is 37.3 Å². The van der Waals surface area contributed by atoms with Crippen molar-refractivity contribution >= 4 is 22.4 Å². The zero-order chi connectivity index (χ0) is 14.4. The molecule has 20 heavy (non-hydrogen) atoms. The van der Waals surface area contributed by atoms with Gasteiger partial charge >= 0.3 is 0 Å². The molecule has 2 rings (SSSR count). The van der Waals surface area contributed by atoms with Gasteiger partial charge in [0.25, 0.3) is 0 Å². The van der Waals surface area contributed by atoms with E-state index in [1.807, 2.05) is 18.2 Å². The van der Waals surface area contributed by atoms with Crippen LogP contribution in [0.2, 0.25) is 0 Å². The van der Waals surface area contributed by atoms with Crippen LogP contribution in [0.25, 0.3) is 0 Å². The van der Waals surface area contributed by atoms with Crippen molar-refractivity contribution in [3.8, 4) is 11.5 Å². The number of ether oxygens (including phenoxy) is 3. The standard InChI is InChI=1S/C13H17N3O3S/c1-17-7-6-12-15-13(20-16-12)14-10-5-4-9(18-2)8-11(10)19-3/h4-5,8H,6-7H2,1-3H3,(H,14,15,16). The van der Waals surface area contributed by atoms with Crippen LogP contribution in [0.15, 0.2) is 18.2 Å². The Morgan fingerprint density at radius 2 is 2.05 bits per heavy atom. The van der Waals surface area contributed by atoms with Crippen molar-refractivity contribution in [1.82, 2.24) is 9.36 Å². The van der Waals surface area contributed by atoms with Crippen LogP contribution in [0.3, 0.4) is 0 Å². The molecule has 1 aromatic carbocycles. The molecule has 0 fully saturated rings. The van der Waals surface area contributed by atoms with Crippen molar-refractivity contribution in [2.45, 2.75) is 6.42 Å². The minimum Gasteiger partial charge on any atom is -0.497 e. The maximum atomic E-state index is 5.33. The first-order valence-corrected chi connectivity index (χ1v) is 6.84. The predicted octanol–water partition coefficient (Wildman–Crippen LogP) is 2.49. The van der Waals surface area contributed by atoms with Gasteiger partial charge in [0.05, 0.1) is 26.5 Å². The third-order valence-electron chi connectivity index (χ3n) is 2.65. The Morgan fingerprint density at radius 3 is 2.75 bits per heavy atom. The SMILES string of the molecule is COCCc1nsc(Nc2ccc(OC)cc2OC)n1. The summed E-state index contributed by atoms with van der Waals surface area (Å²) in [6.07, 6.45) is 0.703. The van der Waals surface area contributed by atoms with Crippen molar-refractivity contribution in [2.75, 3.05) is 33.3 Å². The Labute approximate surface area is 121 Å². The molecule has 0 bridgehead atoms. The zero-order valence-electron chi connectivity index (χ0n) is 11.7. The molecule has 0 saturated heterocycles. The van der Waals surface area contributed by atoms with Gasteiger partial charge in [0, 0.05) is 31.1 Å². The molecule has 0 aliphatic carbocycles. The maximum absolute atomic E-state index is 5.33. The summed E-state index contributed by atoms with van der Waals surface area (Å²) in [6.45, 7) is 0.613. The van der Waals surface area contributed by atoms with Crippen molar-refractivity contribution in [3.05, 3.63) is 24.0 Å². The van der Waals surface area contributed by atoms with E-state index >= 15 is 0 Å². The molecule has 0 atom stereocenters. The summed E-state index contributed by atoms with van der Waals surface area (Å²) in [5, 5.41) is 3.92. The molecule has 108 valence electrons. The van der Waals surface area contributed by atoms with Crippen molar-refractivity contribution in [2.24, 2.45) is 0 Å². The number of anilines is 2. The van der Waals surface area contributed by atoms with Crippen LogP contribution >= 0.6 is 11.5 Å². The molecular formula is C13H17N3O3S. The number of hydrogen-bond acceptors (Lipinski definition) is 7. The van der Waals surface area contributed by atoms with Crippen LogP contribution in [0, 0.1) is 0 Å². The van der Waals surface area contributed by atoms with Crippen molar-refractivity contribution in [1.29, 1.82) is 0 Å². The van der Waals surface area contributed by atoms with E-state index in [0.29, 0.717) is 18.8 Å². The molecule has 0 unspecified atom stereocenters.